The molecule has 2 nitrogen and oxygen atoms in total. The molecule has 1 rings (SSSR count). The Morgan fingerprint density at radius 2 is 2.43 bits per heavy atom. The zero-order valence-electron chi connectivity index (χ0n) is 8.74. The molecule has 0 saturated carbocycles. The van der Waals surface area contributed by atoms with Crippen molar-refractivity contribution in [3.05, 3.63) is 42.2 Å². The highest BCUT2D eigenvalue weighted by Gasteiger charge is 2.09. The van der Waals surface area contributed by atoms with Gasteiger partial charge in [0.25, 0.3) is 0 Å². The van der Waals surface area contributed by atoms with E-state index < -0.39 is 0 Å². The summed E-state index contributed by atoms with van der Waals surface area (Å²) in [5.74, 6) is 0. The first kappa shape index (κ1) is 10.9. The zero-order chi connectivity index (χ0) is 10.4. The molecule has 0 radical (unpaired) electrons. The lowest BCUT2D eigenvalue weighted by molar-refractivity contribution is 0.634. The normalized spacial score (nSPS) is 12.4. The molecule has 0 aromatic carbocycles. The van der Waals surface area contributed by atoms with Crippen molar-refractivity contribution >= 4 is 0 Å². The van der Waals surface area contributed by atoms with Gasteiger partial charge in [-0.1, -0.05) is 19.1 Å². The fourth-order valence-electron chi connectivity index (χ4n) is 1.52. The molecule has 2 heteroatoms. The average molecular weight is 190 g/mol. The van der Waals surface area contributed by atoms with Crippen LogP contribution in [0, 0.1) is 0 Å². The summed E-state index contributed by atoms with van der Waals surface area (Å²) in [5.41, 5.74) is 8.34. The van der Waals surface area contributed by atoms with E-state index in [9.17, 15) is 0 Å². The summed E-state index contributed by atoms with van der Waals surface area (Å²) in [4.78, 5) is 4.34. The zero-order valence-corrected chi connectivity index (χ0v) is 8.74. The van der Waals surface area contributed by atoms with Crippen LogP contribution >= 0.6 is 0 Å². The van der Waals surface area contributed by atoms with Crippen molar-refractivity contribution in [2.45, 2.75) is 32.2 Å². The molecule has 0 bridgehead atoms. The van der Waals surface area contributed by atoms with Gasteiger partial charge in [-0.15, -0.1) is 6.58 Å². The Morgan fingerprint density at radius 3 is 3.07 bits per heavy atom. The van der Waals surface area contributed by atoms with Gasteiger partial charge in [0.1, 0.15) is 0 Å². The lowest BCUT2D eigenvalue weighted by atomic mass is 10.0. The molecule has 0 aliphatic rings. The molecule has 0 aliphatic heterocycles. The van der Waals surface area contributed by atoms with Gasteiger partial charge >= 0.3 is 0 Å². The Kier molecular flexibility index (Phi) is 4.33. The van der Waals surface area contributed by atoms with Gasteiger partial charge in [-0.25, -0.2) is 0 Å². The van der Waals surface area contributed by atoms with Crippen LogP contribution in [-0.2, 0) is 6.42 Å². The predicted molar refractivity (Wildman–Crippen MR) is 60.0 cm³/mol. The molecular formula is C12H18N2. The van der Waals surface area contributed by atoms with Gasteiger partial charge in [-0.3, -0.25) is 4.98 Å². The van der Waals surface area contributed by atoms with Crippen molar-refractivity contribution in [2.75, 3.05) is 0 Å². The van der Waals surface area contributed by atoms with E-state index in [1.54, 1.807) is 0 Å². The Labute approximate surface area is 85.9 Å². The largest absolute Gasteiger partial charge is 0.323 e. The number of nitrogens with zero attached hydrogens (tertiary/aromatic N) is 1. The molecule has 0 saturated heterocycles. The van der Waals surface area contributed by atoms with E-state index >= 15 is 0 Å². The van der Waals surface area contributed by atoms with Crippen molar-refractivity contribution in [1.82, 2.24) is 4.98 Å². The summed E-state index contributed by atoms with van der Waals surface area (Å²) in [7, 11) is 0. The second-order valence-electron chi connectivity index (χ2n) is 3.37. The van der Waals surface area contributed by atoms with E-state index in [-0.39, 0.29) is 6.04 Å². The number of pyridine rings is 1. The maximum Gasteiger partial charge on any atom is 0.0602 e. The van der Waals surface area contributed by atoms with Crippen LogP contribution < -0.4 is 5.73 Å². The van der Waals surface area contributed by atoms with Gasteiger partial charge in [0.2, 0.25) is 0 Å². The maximum absolute atomic E-state index is 6.05. The molecule has 0 aliphatic carbocycles. The highest BCUT2D eigenvalue weighted by Crippen LogP contribution is 2.17. The number of hydrogen-bond donors (Lipinski definition) is 1. The molecule has 1 aromatic heterocycles. The third-order valence-corrected chi connectivity index (χ3v) is 2.34. The van der Waals surface area contributed by atoms with Crippen molar-refractivity contribution in [3.8, 4) is 0 Å². The van der Waals surface area contributed by atoms with Crippen molar-refractivity contribution in [3.63, 3.8) is 0 Å². The minimum absolute atomic E-state index is 0.0455. The van der Waals surface area contributed by atoms with Crippen LogP contribution in [0.2, 0.25) is 0 Å². The van der Waals surface area contributed by atoms with Crippen LogP contribution in [0.15, 0.2) is 31.0 Å². The molecule has 1 atom stereocenters. The molecule has 0 spiro atoms. The summed E-state index contributed by atoms with van der Waals surface area (Å²) in [6.45, 7) is 5.82. The summed E-state index contributed by atoms with van der Waals surface area (Å²) >= 11 is 0. The van der Waals surface area contributed by atoms with E-state index in [0.29, 0.717) is 0 Å². The molecule has 76 valence electrons. The van der Waals surface area contributed by atoms with Crippen LogP contribution in [0.1, 0.15) is 37.1 Å². The quantitative estimate of drug-likeness (QED) is 0.725. The Balaban J connectivity index is 2.77. The van der Waals surface area contributed by atoms with Gasteiger partial charge in [0, 0.05) is 12.2 Å². The minimum Gasteiger partial charge on any atom is -0.323 e. The van der Waals surface area contributed by atoms with E-state index in [1.165, 1.54) is 5.56 Å². The molecule has 0 fully saturated rings. The van der Waals surface area contributed by atoms with Crippen molar-refractivity contribution in [1.29, 1.82) is 0 Å². The van der Waals surface area contributed by atoms with Crippen LogP contribution in [0.5, 0.6) is 0 Å². The third kappa shape index (κ3) is 2.67. The van der Waals surface area contributed by atoms with Crippen molar-refractivity contribution in [2.24, 2.45) is 5.73 Å². The molecule has 2 N–H and O–H groups in total. The first-order valence-corrected chi connectivity index (χ1v) is 5.09. The summed E-state index contributed by atoms with van der Waals surface area (Å²) < 4.78 is 0. The van der Waals surface area contributed by atoms with Crippen molar-refractivity contribution < 1.29 is 0 Å². The molecule has 1 unspecified atom stereocenters. The number of aromatic nitrogens is 1. The third-order valence-electron chi connectivity index (χ3n) is 2.34. The number of hydrogen-bond acceptors (Lipinski definition) is 2. The Hall–Kier alpha value is -1.15. The fourth-order valence-corrected chi connectivity index (χ4v) is 1.52. The lowest BCUT2D eigenvalue weighted by Gasteiger charge is -2.13. The average Bonchev–Trinajstić information content (AvgIpc) is 2.25. The monoisotopic (exact) mass is 190 g/mol. The highest BCUT2D eigenvalue weighted by atomic mass is 14.8. The Bertz CT molecular complexity index is 294. The first-order valence-electron chi connectivity index (χ1n) is 5.09. The van der Waals surface area contributed by atoms with E-state index in [4.69, 9.17) is 5.73 Å². The van der Waals surface area contributed by atoms with E-state index in [0.717, 1.165) is 25.0 Å². The van der Waals surface area contributed by atoms with Gasteiger partial charge in [-0.2, -0.15) is 0 Å². The van der Waals surface area contributed by atoms with E-state index in [2.05, 4.69) is 24.6 Å². The second kappa shape index (κ2) is 5.55. The van der Waals surface area contributed by atoms with Crippen LogP contribution in [0.3, 0.4) is 0 Å². The second-order valence-corrected chi connectivity index (χ2v) is 3.37. The maximum atomic E-state index is 6.05. The van der Waals surface area contributed by atoms with Gasteiger partial charge < -0.3 is 5.73 Å². The van der Waals surface area contributed by atoms with Gasteiger partial charge in [0.15, 0.2) is 0 Å². The molecule has 1 aromatic rings. The van der Waals surface area contributed by atoms with Crippen LogP contribution in [0.4, 0.5) is 0 Å². The van der Waals surface area contributed by atoms with E-state index in [1.807, 2.05) is 18.3 Å². The summed E-state index contributed by atoms with van der Waals surface area (Å²) in [6, 6.07) is 4.10. The summed E-state index contributed by atoms with van der Waals surface area (Å²) in [6.07, 6.45) is 6.57. The molecule has 0 amide bonds. The Morgan fingerprint density at radius 1 is 1.64 bits per heavy atom. The smallest absolute Gasteiger partial charge is 0.0602 e. The number of aryl methyl sites for hydroxylation is 1. The van der Waals surface area contributed by atoms with Gasteiger partial charge in [-0.05, 0) is 30.9 Å². The van der Waals surface area contributed by atoms with Crippen LogP contribution in [-0.4, -0.2) is 4.98 Å². The first-order chi connectivity index (χ1) is 6.79. The fraction of sp³-hybridized carbons (Fsp3) is 0.417. The molecule has 14 heavy (non-hydrogen) atoms. The number of rotatable bonds is 5. The number of nitrogens with two attached hydrogens (primary N) is 1. The predicted octanol–water partition coefficient (Wildman–Crippen LogP) is 2.61. The van der Waals surface area contributed by atoms with Gasteiger partial charge in [0.05, 0.1) is 5.69 Å². The minimum atomic E-state index is 0.0455. The standard InChI is InChI=1S/C12H18N2/c1-3-5-8-11(13)12-10(4-2)7-6-9-14-12/h3,6-7,9,11H,1,4-5,8,13H2,2H3. The number of allylic oxidation sites excluding steroid dienone is 1. The SMILES string of the molecule is C=CCCC(N)c1ncccc1CC. The lowest BCUT2D eigenvalue weighted by Crippen LogP contribution is -2.14. The summed E-state index contributed by atoms with van der Waals surface area (Å²) in [5, 5.41) is 0. The highest BCUT2D eigenvalue weighted by molar-refractivity contribution is 5.22. The van der Waals surface area contributed by atoms with Crippen LogP contribution in [0.25, 0.3) is 0 Å². The molecular weight excluding hydrogens is 172 g/mol. The topological polar surface area (TPSA) is 38.9 Å². The molecule has 1 heterocycles.